The Morgan fingerprint density at radius 1 is 1.03 bits per heavy atom. The maximum Gasteiger partial charge on any atom is 0.251 e. The predicted octanol–water partition coefficient (Wildman–Crippen LogP) is 4.14. The van der Waals surface area contributed by atoms with Crippen LogP contribution in [0.3, 0.4) is 0 Å². The molecule has 2 aliphatic rings. The number of hydrogen-bond donors (Lipinski definition) is 2. The molecule has 168 valence electrons. The lowest BCUT2D eigenvalue weighted by Crippen LogP contribution is -2.36. The van der Waals surface area contributed by atoms with Gasteiger partial charge in [0.15, 0.2) is 5.65 Å². The molecule has 3 aromatic rings. The lowest BCUT2D eigenvalue weighted by molar-refractivity contribution is 0.0637. The third kappa shape index (κ3) is 4.63. The molecular weight excluding hydrogens is 404 g/mol. The average molecular weight is 435 g/mol. The minimum absolute atomic E-state index is 0.0240. The van der Waals surface area contributed by atoms with Crippen molar-refractivity contribution in [2.24, 2.45) is 0 Å². The number of nitrogens with one attached hydrogen (secondary N) is 1. The number of fused-ring (bicyclic) bond motifs is 1. The van der Waals surface area contributed by atoms with Crippen molar-refractivity contribution in [2.45, 2.75) is 76.0 Å². The highest BCUT2D eigenvalue weighted by atomic mass is 16.5. The number of aliphatic hydroxyl groups is 1. The SMILES string of the molecule is O=C(NC1CCCCC1)c1cccc(-c2cnc3ccc(OC4CCC(O)CC4)nn23)c1. The van der Waals surface area contributed by atoms with Crippen LogP contribution < -0.4 is 10.1 Å². The molecule has 0 aliphatic heterocycles. The van der Waals surface area contributed by atoms with Crippen LogP contribution in [0, 0.1) is 0 Å². The van der Waals surface area contributed by atoms with E-state index in [1.165, 1.54) is 19.3 Å². The van der Waals surface area contributed by atoms with Gasteiger partial charge in [-0.25, -0.2) is 9.50 Å². The zero-order valence-corrected chi connectivity index (χ0v) is 18.2. The maximum absolute atomic E-state index is 12.8. The number of benzene rings is 1. The molecule has 5 rings (SSSR count). The van der Waals surface area contributed by atoms with E-state index < -0.39 is 0 Å². The van der Waals surface area contributed by atoms with Crippen molar-refractivity contribution in [1.82, 2.24) is 19.9 Å². The van der Waals surface area contributed by atoms with Gasteiger partial charge in [0, 0.05) is 23.2 Å². The number of imidazole rings is 1. The Kier molecular flexibility index (Phi) is 6.08. The van der Waals surface area contributed by atoms with Crippen LogP contribution in [0.25, 0.3) is 16.9 Å². The first kappa shape index (κ1) is 20.9. The fourth-order valence-corrected chi connectivity index (χ4v) is 4.79. The van der Waals surface area contributed by atoms with E-state index in [1.54, 1.807) is 10.7 Å². The van der Waals surface area contributed by atoms with E-state index in [0.717, 1.165) is 55.4 Å². The summed E-state index contributed by atoms with van der Waals surface area (Å²) >= 11 is 0. The highest BCUT2D eigenvalue weighted by molar-refractivity contribution is 5.95. The molecule has 2 saturated carbocycles. The summed E-state index contributed by atoms with van der Waals surface area (Å²) in [6.07, 6.45) is 10.6. The van der Waals surface area contributed by atoms with Crippen molar-refractivity contribution >= 4 is 11.6 Å². The molecule has 2 heterocycles. The molecule has 0 atom stereocenters. The van der Waals surface area contributed by atoms with Crippen LogP contribution in [0.1, 0.15) is 68.1 Å². The second-order valence-corrected chi connectivity index (χ2v) is 9.02. The van der Waals surface area contributed by atoms with Gasteiger partial charge in [0.2, 0.25) is 5.88 Å². The molecule has 32 heavy (non-hydrogen) atoms. The zero-order chi connectivity index (χ0) is 21.9. The first-order valence-corrected chi connectivity index (χ1v) is 11.8. The number of ether oxygens (including phenoxy) is 1. The standard InChI is InChI=1S/C25H30N4O3/c30-20-9-11-21(12-10-20)32-24-14-13-23-26-16-22(29(23)28-24)17-5-4-6-18(15-17)25(31)27-19-7-2-1-3-8-19/h4-6,13-16,19-21,30H,1-3,7-12H2,(H,27,31). The second kappa shape index (κ2) is 9.28. The van der Waals surface area contributed by atoms with Crippen LogP contribution >= 0.6 is 0 Å². The van der Waals surface area contributed by atoms with Crippen molar-refractivity contribution in [3.8, 4) is 17.1 Å². The maximum atomic E-state index is 12.8. The van der Waals surface area contributed by atoms with E-state index in [-0.39, 0.29) is 24.2 Å². The summed E-state index contributed by atoms with van der Waals surface area (Å²) < 4.78 is 7.85. The molecular formula is C25H30N4O3. The van der Waals surface area contributed by atoms with E-state index in [4.69, 9.17) is 4.74 Å². The Bertz CT molecular complexity index is 1080. The number of hydrogen-bond acceptors (Lipinski definition) is 5. The van der Waals surface area contributed by atoms with Gasteiger partial charge in [-0.15, -0.1) is 5.10 Å². The minimum atomic E-state index is -0.215. The smallest absolute Gasteiger partial charge is 0.251 e. The quantitative estimate of drug-likeness (QED) is 0.630. The van der Waals surface area contributed by atoms with Crippen molar-refractivity contribution in [3.63, 3.8) is 0 Å². The molecule has 0 bridgehead atoms. The molecule has 0 spiro atoms. The van der Waals surface area contributed by atoms with Gasteiger partial charge < -0.3 is 15.2 Å². The summed E-state index contributed by atoms with van der Waals surface area (Å²) in [6, 6.07) is 11.6. The molecule has 2 aliphatic carbocycles. The van der Waals surface area contributed by atoms with Crippen LogP contribution in [0.5, 0.6) is 5.88 Å². The van der Waals surface area contributed by atoms with Crippen LogP contribution in [0.4, 0.5) is 0 Å². The van der Waals surface area contributed by atoms with Gasteiger partial charge in [0.05, 0.1) is 18.0 Å². The Labute approximate surface area is 187 Å². The number of aliphatic hydroxyl groups excluding tert-OH is 1. The Morgan fingerprint density at radius 3 is 2.66 bits per heavy atom. The molecule has 7 nitrogen and oxygen atoms in total. The van der Waals surface area contributed by atoms with Crippen molar-refractivity contribution in [2.75, 3.05) is 0 Å². The number of rotatable bonds is 5. The van der Waals surface area contributed by atoms with Gasteiger partial charge in [0.1, 0.15) is 6.10 Å². The Balaban J connectivity index is 1.36. The molecule has 1 aromatic carbocycles. The fourth-order valence-electron chi connectivity index (χ4n) is 4.79. The third-order valence-electron chi connectivity index (χ3n) is 6.63. The van der Waals surface area contributed by atoms with E-state index in [2.05, 4.69) is 15.4 Å². The number of amides is 1. The first-order chi connectivity index (χ1) is 15.7. The van der Waals surface area contributed by atoms with Gasteiger partial charge in [-0.2, -0.15) is 0 Å². The van der Waals surface area contributed by atoms with Gasteiger partial charge in [0.25, 0.3) is 5.91 Å². The van der Waals surface area contributed by atoms with Crippen molar-refractivity contribution in [1.29, 1.82) is 0 Å². The van der Waals surface area contributed by atoms with Gasteiger partial charge in [-0.3, -0.25) is 4.79 Å². The monoisotopic (exact) mass is 434 g/mol. The molecule has 2 N–H and O–H groups in total. The minimum Gasteiger partial charge on any atom is -0.473 e. The Hall–Kier alpha value is -2.93. The van der Waals surface area contributed by atoms with Crippen LogP contribution in [0.15, 0.2) is 42.6 Å². The Morgan fingerprint density at radius 2 is 1.84 bits per heavy atom. The van der Waals surface area contributed by atoms with E-state index in [9.17, 15) is 9.90 Å². The average Bonchev–Trinajstić information content (AvgIpc) is 3.25. The normalized spacial score (nSPS) is 22.0. The lowest BCUT2D eigenvalue weighted by Gasteiger charge is -2.25. The zero-order valence-electron chi connectivity index (χ0n) is 18.2. The molecule has 0 saturated heterocycles. The van der Waals surface area contributed by atoms with Crippen molar-refractivity contribution in [3.05, 3.63) is 48.2 Å². The molecule has 1 amide bonds. The number of nitrogens with zero attached hydrogens (tertiary/aromatic N) is 3. The lowest BCUT2D eigenvalue weighted by atomic mass is 9.95. The topological polar surface area (TPSA) is 88.8 Å². The molecule has 7 heteroatoms. The highest BCUT2D eigenvalue weighted by Gasteiger charge is 2.22. The first-order valence-electron chi connectivity index (χ1n) is 11.8. The fraction of sp³-hybridized carbons (Fsp3) is 0.480. The molecule has 0 unspecified atom stereocenters. The van der Waals surface area contributed by atoms with E-state index in [1.807, 2.05) is 36.4 Å². The summed E-state index contributed by atoms with van der Waals surface area (Å²) in [6.45, 7) is 0. The molecule has 2 aromatic heterocycles. The van der Waals surface area contributed by atoms with Gasteiger partial charge in [-0.05, 0) is 56.7 Å². The largest absolute Gasteiger partial charge is 0.473 e. The summed E-state index contributed by atoms with van der Waals surface area (Å²) in [5, 5.41) is 17.6. The number of carbonyl (C=O) groups excluding carboxylic acids is 1. The summed E-state index contributed by atoms with van der Waals surface area (Å²) in [5.41, 5.74) is 3.08. The molecule has 2 fully saturated rings. The number of aromatic nitrogens is 3. The predicted molar refractivity (Wildman–Crippen MR) is 122 cm³/mol. The number of carbonyl (C=O) groups is 1. The molecule has 0 radical (unpaired) electrons. The van der Waals surface area contributed by atoms with Gasteiger partial charge in [-0.1, -0.05) is 31.4 Å². The highest BCUT2D eigenvalue weighted by Crippen LogP contribution is 2.26. The van der Waals surface area contributed by atoms with Crippen LogP contribution in [0.2, 0.25) is 0 Å². The van der Waals surface area contributed by atoms with Crippen LogP contribution in [-0.2, 0) is 0 Å². The van der Waals surface area contributed by atoms with Crippen LogP contribution in [-0.4, -0.2) is 43.9 Å². The second-order valence-electron chi connectivity index (χ2n) is 9.02. The summed E-state index contributed by atoms with van der Waals surface area (Å²) in [7, 11) is 0. The van der Waals surface area contributed by atoms with Crippen molar-refractivity contribution < 1.29 is 14.6 Å². The van der Waals surface area contributed by atoms with E-state index in [0.29, 0.717) is 11.4 Å². The van der Waals surface area contributed by atoms with E-state index >= 15 is 0 Å². The summed E-state index contributed by atoms with van der Waals surface area (Å²) in [5.74, 6) is 0.522. The third-order valence-corrected chi connectivity index (χ3v) is 6.63. The van der Waals surface area contributed by atoms with Gasteiger partial charge >= 0.3 is 0 Å². The summed E-state index contributed by atoms with van der Waals surface area (Å²) in [4.78, 5) is 17.3.